The number of nitrogens with one attached hydrogen (secondary N) is 1. The van der Waals surface area contributed by atoms with Gasteiger partial charge in [-0.3, -0.25) is 19.3 Å². The summed E-state index contributed by atoms with van der Waals surface area (Å²) in [6.45, 7) is 4.19. The number of carbonyl (C=O) groups excluding carboxylic acids is 3. The van der Waals surface area contributed by atoms with E-state index >= 15 is 0 Å². The molecule has 2 aliphatic heterocycles. The fourth-order valence-electron chi connectivity index (χ4n) is 4.39. The Morgan fingerprint density at radius 2 is 1.57 bits per heavy atom. The second kappa shape index (κ2) is 7.78. The molecule has 1 N–H and O–H groups in total. The molecule has 0 bridgehead atoms. The van der Waals surface area contributed by atoms with Gasteiger partial charge < -0.3 is 10.2 Å². The minimum Gasteiger partial charge on any atom is -0.372 e. The lowest BCUT2D eigenvalue weighted by Gasteiger charge is -2.32. The number of anilines is 2. The zero-order chi connectivity index (χ0) is 19.7. The van der Waals surface area contributed by atoms with Crippen LogP contribution in [0.5, 0.6) is 0 Å². The van der Waals surface area contributed by atoms with Crippen molar-refractivity contribution in [1.82, 2.24) is 4.90 Å². The molecule has 2 saturated heterocycles. The molecule has 148 valence electrons. The first-order valence-corrected chi connectivity index (χ1v) is 10.2. The van der Waals surface area contributed by atoms with E-state index in [0.29, 0.717) is 18.5 Å². The molecule has 4 rings (SSSR count). The predicted molar refractivity (Wildman–Crippen MR) is 108 cm³/mol. The minimum atomic E-state index is -0.340. The number of rotatable bonds is 4. The van der Waals surface area contributed by atoms with Crippen molar-refractivity contribution in [3.8, 4) is 0 Å². The molecule has 2 atom stereocenters. The van der Waals surface area contributed by atoms with Gasteiger partial charge in [-0.15, -0.1) is 0 Å². The lowest BCUT2D eigenvalue weighted by molar-refractivity contribution is -0.142. The van der Waals surface area contributed by atoms with Crippen molar-refractivity contribution in [2.24, 2.45) is 17.8 Å². The number of imide groups is 1. The van der Waals surface area contributed by atoms with E-state index in [1.807, 2.05) is 36.4 Å². The maximum absolute atomic E-state index is 12.5. The standard InChI is InChI=1S/C22H27N3O3/c1-15-10-12-24(13-11-15)17-8-6-16(7-9-17)23-20(26)14-25-21(27)18-4-2-3-5-19(18)22(25)28/h2-3,6-9,15,18-19H,4-5,10-14H2,1H3,(H,23,26)/t18-,19+. The summed E-state index contributed by atoms with van der Waals surface area (Å²) in [7, 11) is 0. The van der Waals surface area contributed by atoms with Crippen LogP contribution in [0.2, 0.25) is 0 Å². The summed E-state index contributed by atoms with van der Waals surface area (Å²) in [5.74, 6) is -0.583. The number of fused-ring (bicyclic) bond motifs is 1. The van der Waals surface area contributed by atoms with Crippen molar-refractivity contribution in [2.75, 3.05) is 29.9 Å². The summed E-state index contributed by atoms with van der Waals surface area (Å²) in [5.41, 5.74) is 1.84. The van der Waals surface area contributed by atoms with Gasteiger partial charge in [0.2, 0.25) is 17.7 Å². The molecule has 1 aromatic carbocycles. The van der Waals surface area contributed by atoms with E-state index in [9.17, 15) is 14.4 Å². The lowest BCUT2D eigenvalue weighted by atomic mass is 9.85. The van der Waals surface area contributed by atoms with E-state index in [4.69, 9.17) is 0 Å². The quantitative estimate of drug-likeness (QED) is 0.643. The molecular formula is C22H27N3O3. The second-order valence-electron chi connectivity index (χ2n) is 8.18. The number of carbonyl (C=O) groups is 3. The van der Waals surface area contributed by atoms with Crippen LogP contribution in [-0.2, 0) is 14.4 Å². The molecule has 28 heavy (non-hydrogen) atoms. The van der Waals surface area contributed by atoms with Gasteiger partial charge in [0.1, 0.15) is 6.54 Å². The summed E-state index contributed by atoms with van der Waals surface area (Å²) in [5, 5.41) is 2.81. The Morgan fingerprint density at radius 3 is 2.14 bits per heavy atom. The van der Waals surface area contributed by atoms with Crippen LogP contribution >= 0.6 is 0 Å². The monoisotopic (exact) mass is 381 g/mol. The maximum atomic E-state index is 12.5. The number of piperidine rings is 1. The van der Waals surface area contributed by atoms with Crippen LogP contribution in [-0.4, -0.2) is 42.3 Å². The third kappa shape index (κ3) is 3.68. The third-order valence-electron chi connectivity index (χ3n) is 6.20. The topological polar surface area (TPSA) is 69.7 Å². The van der Waals surface area contributed by atoms with Crippen molar-refractivity contribution < 1.29 is 14.4 Å². The first kappa shape index (κ1) is 18.7. The van der Waals surface area contributed by atoms with Crippen LogP contribution in [0.4, 0.5) is 11.4 Å². The highest BCUT2D eigenvalue weighted by molar-refractivity contribution is 6.08. The normalized spacial score (nSPS) is 25.2. The van der Waals surface area contributed by atoms with Gasteiger partial charge in [0, 0.05) is 24.5 Å². The van der Waals surface area contributed by atoms with E-state index in [1.165, 1.54) is 12.8 Å². The summed E-state index contributed by atoms with van der Waals surface area (Å²) < 4.78 is 0. The van der Waals surface area contributed by atoms with Crippen molar-refractivity contribution in [3.05, 3.63) is 36.4 Å². The van der Waals surface area contributed by atoms with Crippen LogP contribution in [0.15, 0.2) is 36.4 Å². The van der Waals surface area contributed by atoms with Crippen LogP contribution < -0.4 is 10.2 Å². The van der Waals surface area contributed by atoms with Crippen molar-refractivity contribution in [3.63, 3.8) is 0 Å². The molecule has 0 spiro atoms. The smallest absolute Gasteiger partial charge is 0.244 e. The van der Waals surface area contributed by atoms with E-state index in [1.54, 1.807) is 0 Å². The largest absolute Gasteiger partial charge is 0.372 e. The van der Waals surface area contributed by atoms with Gasteiger partial charge in [-0.05, 0) is 55.9 Å². The average Bonchev–Trinajstić information content (AvgIpc) is 2.94. The highest BCUT2D eigenvalue weighted by Gasteiger charge is 2.47. The number of allylic oxidation sites excluding steroid dienone is 2. The molecule has 0 unspecified atom stereocenters. The number of nitrogens with zero attached hydrogens (tertiary/aromatic N) is 2. The Labute approximate surface area is 165 Å². The van der Waals surface area contributed by atoms with Gasteiger partial charge in [0.05, 0.1) is 11.8 Å². The van der Waals surface area contributed by atoms with E-state index in [0.717, 1.165) is 29.6 Å². The Hall–Kier alpha value is -2.63. The summed E-state index contributed by atoms with van der Waals surface area (Å²) in [6.07, 6.45) is 7.47. The predicted octanol–water partition coefficient (Wildman–Crippen LogP) is 2.81. The third-order valence-corrected chi connectivity index (χ3v) is 6.20. The first-order chi connectivity index (χ1) is 13.5. The first-order valence-electron chi connectivity index (χ1n) is 10.2. The maximum Gasteiger partial charge on any atom is 0.244 e. The molecule has 2 fully saturated rings. The van der Waals surface area contributed by atoms with Gasteiger partial charge in [-0.1, -0.05) is 19.1 Å². The molecule has 0 radical (unpaired) electrons. The molecule has 0 saturated carbocycles. The molecule has 3 amide bonds. The number of amides is 3. The van der Waals surface area contributed by atoms with Gasteiger partial charge in [-0.2, -0.15) is 0 Å². The second-order valence-corrected chi connectivity index (χ2v) is 8.18. The molecule has 2 heterocycles. The van der Waals surface area contributed by atoms with Crippen LogP contribution in [0, 0.1) is 17.8 Å². The number of benzene rings is 1. The Bertz CT molecular complexity index is 768. The molecule has 1 aromatic rings. The van der Waals surface area contributed by atoms with Crippen LogP contribution in [0.1, 0.15) is 32.6 Å². The Balaban J connectivity index is 1.34. The van der Waals surface area contributed by atoms with Gasteiger partial charge in [0.25, 0.3) is 0 Å². The van der Waals surface area contributed by atoms with Gasteiger partial charge in [-0.25, -0.2) is 0 Å². The molecule has 0 aromatic heterocycles. The number of likely N-dealkylation sites (tertiary alicyclic amines) is 1. The van der Waals surface area contributed by atoms with Crippen molar-refractivity contribution >= 4 is 29.1 Å². The molecule has 6 nitrogen and oxygen atoms in total. The van der Waals surface area contributed by atoms with Crippen molar-refractivity contribution in [1.29, 1.82) is 0 Å². The molecule has 6 heteroatoms. The Morgan fingerprint density at radius 1 is 1.00 bits per heavy atom. The number of hydrogen-bond donors (Lipinski definition) is 1. The van der Waals surface area contributed by atoms with Crippen LogP contribution in [0.3, 0.4) is 0 Å². The highest BCUT2D eigenvalue weighted by atomic mass is 16.2. The molecular weight excluding hydrogens is 354 g/mol. The summed E-state index contributed by atoms with van der Waals surface area (Å²) in [6, 6.07) is 7.78. The van der Waals surface area contributed by atoms with E-state index in [2.05, 4.69) is 17.1 Å². The lowest BCUT2D eigenvalue weighted by Crippen LogP contribution is -2.38. The minimum absolute atomic E-state index is 0.212. The zero-order valence-corrected chi connectivity index (χ0v) is 16.3. The average molecular weight is 381 g/mol. The molecule has 3 aliphatic rings. The van der Waals surface area contributed by atoms with Gasteiger partial charge >= 0.3 is 0 Å². The summed E-state index contributed by atoms with van der Waals surface area (Å²) >= 11 is 0. The van der Waals surface area contributed by atoms with E-state index in [-0.39, 0.29) is 36.1 Å². The fourth-order valence-corrected chi connectivity index (χ4v) is 4.39. The van der Waals surface area contributed by atoms with Crippen LogP contribution in [0.25, 0.3) is 0 Å². The highest BCUT2D eigenvalue weighted by Crippen LogP contribution is 2.34. The number of hydrogen-bond acceptors (Lipinski definition) is 4. The van der Waals surface area contributed by atoms with E-state index < -0.39 is 0 Å². The van der Waals surface area contributed by atoms with Crippen molar-refractivity contribution in [2.45, 2.75) is 32.6 Å². The van der Waals surface area contributed by atoms with Gasteiger partial charge in [0.15, 0.2) is 0 Å². The fraction of sp³-hybridized carbons (Fsp3) is 0.500. The zero-order valence-electron chi connectivity index (χ0n) is 16.3. The molecule has 1 aliphatic carbocycles. The summed E-state index contributed by atoms with van der Waals surface area (Å²) in [4.78, 5) is 40.8. The Kier molecular flexibility index (Phi) is 5.20. The SMILES string of the molecule is CC1CCN(c2ccc(NC(=O)CN3C(=O)[C@H]4CC=CC[C@H]4C3=O)cc2)CC1.